The summed E-state index contributed by atoms with van der Waals surface area (Å²) in [7, 11) is 0. The van der Waals surface area contributed by atoms with Crippen molar-refractivity contribution in [3.63, 3.8) is 0 Å². The number of benzene rings is 2. The van der Waals surface area contributed by atoms with Gasteiger partial charge in [0.2, 0.25) is 11.8 Å². The van der Waals surface area contributed by atoms with Crippen LogP contribution >= 0.6 is 23.4 Å². The molecule has 1 atom stereocenters. The smallest absolute Gasteiger partial charge is 0.277 e. The van der Waals surface area contributed by atoms with E-state index in [0.717, 1.165) is 11.8 Å². The number of anilines is 2. The zero-order valence-electron chi connectivity index (χ0n) is 16.6. The van der Waals surface area contributed by atoms with Crippen LogP contribution in [0, 0.1) is 0 Å². The maximum Gasteiger partial charge on any atom is 0.277 e. The molecular weight excluding hydrogens is 440 g/mol. The first-order valence-corrected chi connectivity index (χ1v) is 10.9. The van der Waals surface area contributed by atoms with Crippen LogP contribution in [0.15, 0.2) is 58.2 Å². The Hall–Kier alpha value is -3.04. The molecule has 0 aliphatic carbocycles. The van der Waals surface area contributed by atoms with Crippen LogP contribution in [0.4, 0.5) is 11.4 Å². The van der Waals surface area contributed by atoms with Crippen LogP contribution in [0.1, 0.15) is 19.2 Å². The summed E-state index contributed by atoms with van der Waals surface area (Å²) < 4.78 is 11.1. The molecule has 0 saturated heterocycles. The maximum atomic E-state index is 13.0. The highest BCUT2D eigenvalue weighted by Gasteiger charge is 2.29. The number of nitrogens with one attached hydrogen (secondary N) is 1. The van der Waals surface area contributed by atoms with Gasteiger partial charge in [-0.3, -0.25) is 9.59 Å². The monoisotopic (exact) mass is 458 g/mol. The number of aromatic nitrogens is 2. The number of carbonyl (C=O) groups excluding carboxylic acids is 2. The van der Waals surface area contributed by atoms with Crippen molar-refractivity contribution >= 4 is 46.6 Å². The van der Waals surface area contributed by atoms with Gasteiger partial charge in [0.05, 0.1) is 17.1 Å². The number of hydrogen-bond acceptors (Lipinski definition) is 7. The molecule has 1 N–H and O–H groups in total. The zero-order chi connectivity index (χ0) is 21.8. The van der Waals surface area contributed by atoms with Crippen LogP contribution in [-0.2, 0) is 16.2 Å². The van der Waals surface area contributed by atoms with Crippen molar-refractivity contribution in [3.05, 3.63) is 59.4 Å². The molecule has 3 aromatic rings. The number of nitrogens with zero attached hydrogens (tertiary/aromatic N) is 3. The van der Waals surface area contributed by atoms with Crippen LogP contribution in [-0.4, -0.2) is 33.8 Å². The molecule has 0 bridgehead atoms. The predicted molar refractivity (Wildman–Crippen MR) is 117 cm³/mol. The topological polar surface area (TPSA) is 97.6 Å². The Balaban J connectivity index is 1.37. The minimum absolute atomic E-state index is 0.0898. The lowest BCUT2D eigenvalue weighted by Gasteiger charge is -2.27. The van der Waals surface area contributed by atoms with Gasteiger partial charge >= 0.3 is 0 Å². The number of halogens is 1. The molecule has 1 aromatic heterocycles. The lowest BCUT2D eigenvalue weighted by Crippen LogP contribution is -2.40. The summed E-state index contributed by atoms with van der Waals surface area (Å²) in [6.07, 6.45) is 0.220. The first-order chi connectivity index (χ1) is 15.0. The summed E-state index contributed by atoms with van der Waals surface area (Å²) in [6, 6.07) is 13.9. The number of para-hydroxylation sites is 2. The van der Waals surface area contributed by atoms with Crippen LogP contribution in [0.2, 0.25) is 5.02 Å². The molecule has 0 fully saturated rings. The van der Waals surface area contributed by atoms with Crippen molar-refractivity contribution in [2.45, 2.75) is 31.2 Å². The average Bonchev–Trinajstić information content (AvgIpc) is 3.16. The second kappa shape index (κ2) is 9.40. The van der Waals surface area contributed by atoms with Gasteiger partial charge in [-0.2, -0.15) is 0 Å². The third-order valence-electron chi connectivity index (χ3n) is 4.57. The van der Waals surface area contributed by atoms with Crippen molar-refractivity contribution in [1.82, 2.24) is 10.2 Å². The molecule has 8 nitrogen and oxygen atoms in total. The Labute approximate surface area is 187 Å². The van der Waals surface area contributed by atoms with E-state index in [2.05, 4.69) is 15.5 Å². The van der Waals surface area contributed by atoms with E-state index in [9.17, 15) is 9.59 Å². The Morgan fingerprint density at radius 1 is 1.26 bits per heavy atom. The van der Waals surface area contributed by atoms with Crippen molar-refractivity contribution < 1.29 is 18.7 Å². The molecule has 0 saturated carbocycles. The van der Waals surface area contributed by atoms with Gasteiger partial charge in [0.1, 0.15) is 5.75 Å². The van der Waals surface area contributed by atoms with Crippen molar-refractivity contribution in [3.8, 4) is 5.75 Å². The summed E-state index contributed by atoms with van der Waals surface area (Å²) in [5, 5.41) is 11.6. The Morgan fingerprint density at radius 3 is 2.84 bits per heavy atom. The number of fused-ring (bicyclic) bond motifs is 1. The third-order valence-corrected chi connectivity index (χ3v) is 5.63. The van der Waals surface area contributed by atoms with E-state index in [-0.39, 0.29) is 41.9 Å². The van der Waals surface area contributed by atoms with Gasteiger partial charge in [-0.25, -0.2) is 0 Å². The van der Waals surface area contributed by atoms with Gasteiger partial charge in [0, 0.05) is 17.5 Å². The van der Waals surface area contributed by atoms with Gasteiger partial charge in [-0.15, -0.1) is 10.2 Å². The van der Waals surface area contributed by atoms with Crippen LogP contribution in [0.25, 0.3) is 0 Å². The summed E-state index contributed by atoms with van der Waals surface area (Å²) in [6.45, 7) is 1.95. The highest BCUT2D eigenvalue weighted by Crippen LogP contribution is 2.32. The lowest BCUT2D eigenvalue weighted by atomic mass is 10.2. The van der Waals surface area contributed by atoms with Crippen molar-refractivity contribution in [2.24, 2.45) is 0 Å². The highest BCUT2D eigenvalue weighted by molar-refractivity contribution is 7.99. The summed E-state index contributed by atoms with van der Waals surface area (Å²) >= 11 is 6.99. The largest absolute Gasteiger partial charge is 0.484 e. The second-order valence-corrected chi connectivity index (χ2v) is 8.24. The van der Waals surface area contributed by atoms with E-state index in [1.54, 1.807) is 35.2 Å². The normalized spacial score (nSPS) is 15.7. The van der Waals surface area contributed by atoms with E-state index in [1.165, 1.54) is 0 Å². The van der Waals surface area contributed by atoms with E-state index in [0.29, 0.717) is 28.0 Å². The quantitative estimate of drug-likeness (QED) is 0.554. The molecule has 2 heterocycles. The van der Waals surface area contributed by atoms with Crippen LogP contribution in [0.3, 0.4) is 0 Å². The standard InChI is InChI=1S/C21H19ClN4O4S/c1-13-10-18(27)23-16-4-2-3-5-17(16)26(13)20(28)12-31-21-25-24-19(30-21)11-29-15-8-6-14(22)7-9-15/h2-9,13H,10-12H2,1H3,(H,23,27). The van der Waals surface area contributed by atoms with E-state index < -0.39 is 0 Å². The third kappa shape index (κ3) is 5.18. The second-order valence-electron chi connectivity index (χ2n) is 6.88. The molecule has 0 radical (unpaired) electrons. The number of hydrogen-bond donors (Lipinski definition) is 1. The Morgan fingerprint density at radius 2 is 2.03 bits per heavy atom. The summed E-state index contributed by atoms with van der Waals surface area (Å²) in [4.78, 5) is 26.7. The average molecular weight is 459 g/mol. The fourth-order valence-corrected chi connectivity index (χ4v) is 3.96. The number of thioether (sulfide) groups is 1. The van der Waals surface area contributed by atoms with E-state index in [1.807, 2.05) is 25.1 Å². The molecule has 2 amide bonds. The minimum Gasteiger partial charge on any atom is -0.484 e. The van der Waals surface area contributed by atoms with Gasteiger partial charge < -0.3 is 19.4 Å². The van der Waals surface area contributed by atoms with Crippen molar-refractivity contribution in [2.75, 3.05) is 16.0 Å². The Kier molecular flexibility index (Phi) is 6.43. The molecule has 31 heavy (non-hydrogen) atoms. The predicted octanol–water partition coefficient (Wildman–Crippen LogP) is 4.16. The maximum absolute atomic E-state index is 13.0. The summed E-state index contributed by atoms with van der Waals surface area (Å²) in [5.41, 5.74) is 1.30. The molecule has 160 valence electrons. The number of ether oxygens (including phenoxy) is 1. The van der Waals surface area contributed by atoms with Crippen LogP contribution < -0.4 is 15.0 Å². The first kappa shape index (κ1) is 21.2. The molecule has 1 unspecified atom stereocenters. The van der Waals surface area contributed by atoms with Gasteiger partial charge in [-0.1, -0.05) is 35.5 Å². The molecule has 1 aliphatic rings. The number of carbonyl (C=O) groups is 2. The minimum atomic E-state index is -0.275. The molecule has 2 aromatic carbocycles. The Bertz CT molecular complexity index is 1090. The van der Waals surface area contributed by atoms with Gasteiger partial charge in [-0.05, 0) is 43.3 Å². The molecule has 1 aliphatic heterocycles. The van der Waals surface area contributed by atoms with Gasteiger partial charge in [0.15, 0.2) is 6.61 Å². The van der Waals surface area contributed by atoms with E-state index >= 15 is 0 Å². The number of rotatable bonds is 6. The van der Waals surface area contributed by atoms with Gasteiger partial charge in [0.25, 0.3) is 11.1 Å². The SMILES string of the molecule is CC1CC(=O)Nc2ccccc2N1C(=O)CSc1nnc(COc2ccc(Cl)cc2)o1. The highest BCUT2D eigenvalue weighted by atomic mass is 35.5. The zero-order valence-corrected chi connectivity index (χ0v) is 18.2. The van der Waals surface area contributed by atoms with Crippen molar-refractivity contribution in [1.29, 1.82) is 0 Å². The van der Waals surface area contributed by atoms with E-state index in [4.69, 9.17) is 20.8 Å². The molecule has 4 rings (SSSR count). The lowest BCUT2D eigenvalue weighted by molar-refractivity contribution is -0.117. The fraction of sp³-hybridized carbons (Fsp3) is 0.238. The summed E-state index contributed by atoms with van der Waals surface area (Å²) in [5.74, 6) is 0.743. The fourth-order valence-electron chi connectivity index (χ4n) is 3.19. The van der Waals surface area contributed by atoms with Crippen LogP contribution in [0.5, 0.6) is 5.75 Å². The molecule has 0 spiro atoms. The number of amides is 2. The molecule has 10 heteroatoms. The first-order valence-electron chi connectivity index (χ1n) is 9.54. The molecular formula is C21H19ClN4O4S.